The van der Waals surface area contributed by atoms with Gasteiger partial charge in [0.1, 0.15) is 23.9 Å². The van der Waals surface area contributed by atoms with Crippen LogP contribution in [0.25, 0.3) is 11.0 Å². The normalized spacial score (nSPS) is 15.4. The SMILES string of the molecule is CCOc1cc([C@H](C(=O)NC[C@@H]2CCCO2)N(C(=O)Cn2nnc3ccccc32)c2cccc(OC)c2)ccc1O. The minimum absolute atomic E-state index is 0.0672. The summed E-state index contributed by atoms with van der Waals surface area (Å²) >= 11 is 0. The number of aromatic nitrogens is 3. The predicted octanol–water partition coefficient (Wildman–Crippen LogP) is 3.61. The lowest BCUT2D eigenvalue weighted by molar-refractivity contribution is -0.127. The molecule has 0 spiro atoms. The number of carbonyl (C=O) groups is 2. The molecule has 2 amide bonds. The van der Waals surface area contributed by atoms with Gasteiger partial charge in [0.25, 0.3) is 0 Å². The Balaban J connectivity index is 1.58. The van der Waals surface area contributed by atoms with E-state index in [-0.39, 0.29) is 24.1 Å². The van der Waals surface area contributed by atoms with E-state index in [1.165, 1.54) is 22.8 Å². The molecule has 1 aromatic heterocycles. The van der Waals surface area contributed by atoms with Gasteiger partial charge < -0.3 is 24.6 Å². The van der Waals surface area contributed by atoms with Gasteiger partial charge in [0, 0.05) is 24.9 Å². The van der Waals surface area contributed by atoms with E-state index in [2.05, 4.69) is 15.6 Å². The Morgan fingerprint density at radius 3 is 2.80 bits per heavy atom. The number of benzene rings is 3. The highest BCUT2D eigenvalue weighted by Crippen LogP contribution is 2.35. The van der Waals surface area contributed by atoms with Crippen LogP contribution >= 0.6 is 0 Å². The molecule has 1 fully saturated rings. The molecule has 0 saturated carbocycles. The van der Waals surface area contributed by atoms with Crippen LogP contribution in [0.2, 0.25) is 0 Å². The summed E-state index contributed by atoms with van der Waals surface area (Å²) in [4.78, 5) is 29.7. The van der Waals surface area contributed by atoms with Gasteiger partial charge >= 0.3 is 0 Å². The lowest BCUT2D eigenvalue weighted by Gasteiger charge is -2.32. The largest absolute Gasteiger partial charge is 0.504 e. The van der Waals surface area contributed by atoms with E-state index in [9.17, 15) is 14.7 Å². The first-order chi connectivity index (χ1) is 20.0. The Morgan fingerprint density at radius 1 is 1.17 bits per heavy atom. The van der Waals surface area contributed by atoms with E-state index in [1.807, 2.05) is 24.3 Å². The number of para-hydroxylation sites is 1. The molecule has 1 aliphatic heterocycles. The molecule has 5 rings (SSSR count). The molecule has 11 nitrogen and oxygen atoms in total. The first-order valence-electron chi connectivity index (χ1n) is 13.6. The van der Waals surface area contributed by atoms with Crippen LogP contribution in [-0.2, 0) is 20.9 Å². The van der Waals surface area contributed by atoms with Crippen LogP contribution in [-0.4, -0.2) is 64.9 Å². The number of carbonyl (C=O) groups excluding carboxylic acids is 2. The van der Waals surface area contributed by atoms with Crippen molar-refractivity contribution in [1.82, 2.24) is 20.3 Å². The van der Waals surface area contributed by atoms with Crippen LogP contribution in [0.3, 0.4) is 0 Å². The standard InChI is InChI=1S/C30H33N5O6/c1-3-40-27-16-20(13-14-26(27)36)29(30(38)31-18-23-10-7-15-41-23)35(21-8-6-9-22(17-21)39-2)28(37)19-34-25-12-5-4-11-24(25)32-33-34/h4-6,8-9,11-14,16-17,23,29,36H,3,7,10,15,18-19H2,1-2H3,(H,31,38)/t23-,29+/m0/s1. The Hall–Kier alpha value is -4.64. The van der Waals surface area contributed by atoms with Gasteiger partial charge in [-0.3, -0.25) is 14.5 Å². The molecule has 1 aliphatic rings. The van der Waals surface area contributed by atoms with E-state index >= 15 is 0 Å². The first kappa shape index (κ1) is 27.9. The Bertz CT molecular complexity index is 1520. The monoisotopic (exact) mass is 559 g/mol. The van der Waals surface area contributed by atoms with Crippen molar-refractivity contribution in [3.8, 4) is 17.2 Å². The molecule has 2 heterocycles. The van der Waals surface area contributed by atoms with E-state index in [1.54, 1.807) is 43.3 Å². The van der Waals surface area contributed by atoms with Gasteiger partial charge in [-0.1, -0.05) is 29.5 Å². The quantitative estimate of drug-likeness (QED) is 0.285. The minimum Gasteiger partial charge on any atom is -0.504 e. The van der Waals surface area contributed by atoms with Crippen molar-refractivity contribution in [2.24, 2.45) is 0 Å². The zero-order valence-electron chi connectivity index (χ0n) is 23.0. The fourth-order valence-electron chi connectivity index (χ4n) is 4.94. The summed E-state index contributed by atoms with van der Waals surface area (Å²) in [6, 6.07) is 17.8. The molecule has 0 unspecified atom stereocenters. The summed E-state index contributed by atoms with van der Waals surface area (Å²) in [6.45, 7) is 2.89. The molecule has 214 valence electrons. The van der Waals surface area contributed by atoms with Gasteiger partial charge in [0.15, 0.2) is 11.5 Å². The van der Waals surface area contributed by atoms with E-state index in [4.69, 9.17) is 14.2 Å². The number of phenolic OH excluding ortho intramolecular Hbond substituents is 1. The topological polar surface area (TPSA) is 128 Å². The Kier molecular flexibility index (Phi) is 8.64. The zero-order valence-corrected chi connectivity index (χ0v) is 23.0. The number of ether oxygens (including phenoxy) is 3. The molecule has 2 N–H and O–H groups in total. The summed E-state index contributed by atoms with van der Waals surface area (Å²) in [6.07, 6.45) is 1.68. The number of fused-ring (bicyclic) bond motifs is 1. The third-order valence-electron chi connectivity index (χ3n) is 6.94. The molecule has 1 saturated heterocycles. The van der Waals surface area contributed by atoms with Crippen molar-refractivity contribution in [1.29, 1.82) is 0 Å². The van der Waals surface area contributed by atoms with Gasteiger partial charge in [0.05, 0.1) is 25.3 Å². The lowest BCUT2D eigenvalue weighted by Crippen LogP contribution is -2.46. The Morgan fingerprint density at radius 2 is 2.02 bits per heavy atom. The molecule has 2 atom stereocenters. The predicted molar refractivity (Wildman–Crippen MR) is 152 cm³/mol. The number of nitrogens with zero attached hydrogens (tertiary/aromatic N) is 4. The number of nitrogens with one attached hydrogen (secondary N) is 1. The molecule has 0 bridgehead atoms. The fourth-order valence-corrected chi connectivity index (χ4v) is 4.94. The van der Waals surface area contributed by atoms with Gasteiger partial charge in [-0.2, -0.15) is 0 Å². The maximum atomic E-state index is 14.2. The third-order valence-corrected chi connectivity index (χ3v) is 6.94. The summed E-state index contributed by atoms with van der Waals surface area (Å²) in [5.74, 6) is -0.152. The lowest BCUT2D eigenvalue weighted by atomic mass is 10.0. The minimum atomic E-state index is -1.12. The number of phenols is 1. The van der Waals surface area contributed by atoms with E-state index in [0.29, 0.717) is 47.8 Å². The van der Waals surface area contributed by atoms with Gasteiger partial charge in [-0.25, -0.2) is 4.68 Å². The van der Waals surface area contributed by atoms with Crippen molar-refractivity contribution in [3.05, 3.63) is 72.3 Å². The molecule has 0 aliphatic carbocycles. The van der Waals surface area contributed by atoms with Crippen molar-refractivity contribution in [2.75, 3.05) is 31.8 Å². The van der Waals surface area contributed by atoms with Crippen LogP contribution in [0.4, 0.5) is 5.69 Å². The number of amides is 2. The molecular formula is C30H33N5O6. The van der Waals surface area contributed by atoms with Gasteiger partial charge in [0.2, 0.25) is 11.8 Å². The number of hydrogen-bond donors (Lipinski definition) is 2. The maximum absolute atomic E-state index is 14.2. The molecule has 3 aromatic carbocycles. The average molecular weight is 560 g/mol. The van der Waals surface area contributed by atoms with E-state index < -0.39 is 17.9 Å². The second-order valence-corrected chi connectivity index (χ2v) is 9.64. The first-order valence-corrected chi connectivity index (χ1v) is 13.6. The third kappa shape index (κ3) is 6.25. The van der Waals surface area contributed by atoms with Crippen LogP contribution in [0, 0.1) is 0 Å². The summed E-state index contributed by atoms with van der Waals surface area (Å²) in [7, 11) is 1.53. The van der Waals surface area contributed by atoms with Gasteiger partial charge in [-0.05, 0) is 61.7 Å². The van der Waals surface area contributed by atoms with Gasteiger partial charge in [-0.15, -0.1) is 5.10 Å². The smallest absolute Gasteiger partial charge is 0.249 e. The van der Waals surface area contributed by atoms with Crippen LogP contribution in [0.15, 0.2) is 66.7 Å². The highest BCUT2D eigenvalue weighted by molar-refractivity contribution is 6.01. The van der Waals surface area contributed by atoms with Crippen molar-refractivity contribution in [2.45, 2.75) is 38.5 Å². The highest BCUT2D eigenvalue weighted by Gasteiger charge is 2.34. The fraction of sp³-hybridized carbons (Fsp3) is 0.333. The number of methoxy groups -OCH3 is 1. The van der Waals surface area contributed by atoms with E-state index in [0.717, 1.165) is 12.8 Å². The average Bonchev–Trinajstić information content (AvgIpc) is 3.66. The summed E-state index contributed by atoms with van der Waals surface area (Å²) in [5.41, 5.74) is 2.24. The van der Waals surface area contributed by atoms with Crippen LogP contribution < -0.4 is 19.7 Å². The zero-order chi connectivity index (χ0) is 28.8. The number of hydrogen-bond acceptors (Lipinski definition) is 8. The molecule has 4 aromatic rings. The van der Waals surface area contributed by atoms with Crippen molar-refractivity contribution >= 4 is 28.5 Å². The highest BCUT2D eigenvalue weighted by atomic mass is 16.5. The maximum Gasteiger partial charge on any atom is 0.249 e. The second-order valence-electron chi connectivity index (χ2n) is 9.64. The number of anilines is 1. The van der Waals surface area contributed by atoms with Crippen molar-refractivity contribution in [3.63, 3.8) is 0 Å². The molecular weight excluding hydrogens is 526 g/mol. The number of rotatable bonds is 11. The van der Waals surface area contributed by atoms with Crippen LogP contribution in [0.5, 0.6) is 17.2 Å². The summed E-state index contributed by atoms with van der Waals surface area (Å²) < 4.78 is 18.3. The number of aromatic hydroxyl groups is 1. The summed E-state index contributed by atoms with van der Waals surface area (Å²) in [5, 5.41) is 21.7. The molecule has 41 heavy (non-hydrogen) atoms. The molecule has 0 radical (unpaired) electrons. The van der Waals surface area contributed by atoms with Crippen LogP contribution in [0.1, 0.15) is 31.4 Å². The Labute approximate surface area is 237 Å². The molecule has 11 heteroatoms. The van der Waals surface area contributed by atoms with Crippen molar-refractivity contribution < 1.29 is 28.9 Å². The second kappa shape index (κ2) is 12.7.